The molecule has 0 heterocycles. The Kier molecular flexibility index (Phi) is 12.7. The van der Waals surface area contributed by atoms with Gasteiger partial charge >= 0.3 is 0 Å². The van der Waals surface area contributed by atoms with Crippen LogP contribution in [0.25, 0.3) is 0 Å². The van der Waals surface area contributed by atoms with Crippen molar-refractivity contribution >= 4 is 23.4 Å². The number of hydrogen-bond acceptors (Lipinski definition) is 4. The van der Waals surface area contributed by atoms with Crippen molar-refractivity contribution in [3.8, 4) is 0 Å². The lowest BCUT2D eigenvalue weighted by molar-refractivity contribution is -0.120. The van der Waals surface area contributed by atoms with E-state index in [1.807, 2.05) is 56.0 Å². The van der Waals surface area contributed by atoms with Gasteiger partial charge in [-0.05, 0) is 80.1 Å². The quantitative estimate of drug-likeness (QED) is 0.213. The third-order valence-electron chi connectivity index (χ3n) is 7.31. The number of hydrogen-bond donors (Lipinski definition) is 3. The molecule has 42 heavy (non-hydrogen) atoms. The summed E-state index contributed by atoms with van der Waals surface area (Å²) in [5.41, 5.74) is 9.05. The first-order valence-corrected chi connectivity index (χ1v) is 14.8. The van der Waals surface area contributed by atoms with E-state index < -0.39 is 18.0 Å². The number of carbonyl (C=O) groups is 3. The maximum atomic E-state index is 13.5. The summed E-state index contributed by atoms with van der Waals surface area (Å²) in [5.74, 6) is -1.43. The summed E-state index contributed by atoms with van der Waals surface area (Å²) in [5, 5.41) is 5.93. The van der Waals surface area contributed by atoms with E-state index in [1.165, 1.54) is 24.3 Å². The fraction of sp³-hybridized carbons (Fsp3) is 0.382. The number of amides is 3. The van der Waals surface area contributed by atoms with Gasteiger partial charge in [-0.3, -0.25) is 14.4 Å². The third kappa shape index (κ3) is 9.52. The number of nitrogens with two attached hydrogens (primary N) is 1. The number of rotatable bonds is 15. The van der Waals surface area contributed by atoms with Crippen molar-refractivity contribution < 1.29 is 18.8 Å². The number of carbonyl (C=O) groups excluding carboxylic acids is 3. The smallest absolute Gasteiger partial charge is 0.253 e. The molecule has 4 N–H and O–H groups in total. The Balaban J connectivity index is 1.77. The van der Waals surface area contributed by atoms with Gasteiger partial charge in [0, 0.05) is 47.9 Å². The second-order valence-electron chi connectivity index (χ2n) is 10.6. The minimum atomic E-state index is -0.535. The Bertz CT molecular complexity index is 1290. The van der Waals surface area contributed by atoms with Gasteiger partial charge in [-0.25, -0.2) is 4.39 Å². The van der Waals surface area contributed by atoms with Crippen LogP contribution >= 0.6 is 0 Å². The lowest BCUT2D eigenvalue weighted by Crippen LogP contribution is -2.50. The van der Waals surface area contributed by atoms with Crippen LogP contribution in [0.5, 0.6) is 0 Å². The highest BCUT2D eigenvalue weighted by Crippen LogP contribution is 2.19. The SMILES string of the molecule is CCCN(CCC)C(=O)c1cccc(C(=O)N[C@@H](Cc2ccccc2)[C@@H](N)C[C@@H](CC)C(=O)Nc2ccc(F)cc2)c1. The van der Waals surface area contributed by atoms with E-state index in [2.05, 4.69) is 10.6 Å². The van der Waals surface area contributed by atoms with Crippen LogP contribution in [0.1, 0.15) is 72.7 Å². The predicted octanol–water partition coefficient (Wildman–Crippen LogP) is 5.81. The van der Waals surface area contributed by atoms with Crippen LogP contribution in [0, 0.1) is 11.7 Å². The van der Waals surface area contributed by atoms with E-state index in [-0.39, 0.29) is 23.5 Å². The summed E-state index contributed by atoms with van der Waals surface area (Å²) >= 11 is 0. The van der Waals surface area contributed by atoms with E-state index in [4.69, 9.17) is 5.73 Å². The van der Waals surface area contributed by atoms with Crippen molar-refractivity contribution in [3.05, 3.63) is 101 Å². The molecule has 0 aliphatic rings. The zero-order valence-electron chi connectivity index (χ0n) is 24.8. The molecule has 0 spiro atoms. The van der Waals surface area contributed by atoms with Crippen LogP contribution in [0.15, 0.2) is 78.9 Å². The average Bonchev–Trinajstić information content (AvgIpc) is 3.00. The Morgan fingerprint density at radius 3 is 2.12 bits per heavy atom. The fourth-order valence-electron chi connectivity index (χ4n) is 4.99. The van der Waals surface area contributed by atoms with Gasteiger partial charge in [-0.2, -0.15) is 0 Å². The molecule has 3 aromatic rings. The monoisotopic (exact) mass is 574 g/mol. The first-order valence-electron chi connectivity index (χ1n) is 14.8. The molecule has 0 aliphatic heterocycles. The highest BCUT2D eigenvalue weighted by atomic mass is 19.1. The molecule has 0 saturated carbocycles. The molecule has 0 aliphatic carbocycles. The van der Waals surface area contributed by atoms with Gasteiger partial charge in [0.2, 0.25) is 5.91 Å². The molecule has 0 unspecified atom stereocenters. The van der Waals surface area contributed by atoms with Gasteiger partial charge < -0.3 is 21.3 Å². The second-order valence-corrected chi connectivity index (χ2v) is 10.6. The molecular weight excluding hydrogens is 531 g/mol. The van der Waals surface area contributed by atoms with Crippen LogP contribution < -0.4 is 16.4 Å². The zero-order valence-corrected chi connectivity index (χ0v) is 24.8. The molecule has 3 aromatic carbocycles. The summed E-state index contributed by atoms with van der Waals surface area (Å²) in [7, 11) is 0. The Hall–Kier alpha value is -4.04. The van der Waals surface area contributed by atoms with Crippen LogP contribution in [0.3, 0.4) is 0 Å². The molecule has 224 valence electrons. The van der Waals surface area contributed by atoms with E-state index >= 15 is 0 Å². The molecule has 0 bridgehead atoms. The minimum Gasteiger partial charge on any atom is -0.347 e. The topological polar surface area (TPSA) is 105 Å². The molecule has 8 heteroatoms. The van der Waals surface area contributed by atoms with Crippen molar-refractivity contribution in [1.29, 1.82) is 0 Å². The molecule has 0 radical (unpaired) electrons. The van der Waals surface area contributed by atoms with Crippen LogP contribution in [-0.4, -0.2) is 47.8 Å². The second kappa shape index (κ2) is 16.4. The Labute approximate surface area is 248 Å². The minimum absolute atomic E-state index is 0.0937. The third-order valence-corrected chi connectivity index (χ3v) is 7.31. The summed E-state index contributed by atoms with van der Waals surface area (Å²) in [4.78, 5) is 41.5. The Morgan fingerprint density at radius 1 is 0.857 bits per heavy atom. The maximum Gasteiger partial charge on any atom is 0.253 e. The number of anilines is 1. The molecule has 7 nitrogen and oxygen atoms in total. The molecular formula is C34H43FN4O3. The highest BCUT2D eigenvalue weighted by Gasteiger charge is 2.27. The van der Waals surface area contributed by atoms with Crippen molar-refractivity contribution in [2.24, 2.45) is 11.7 Å². The number of nitrogens with zero attached hydrogens (tertiary/aromatic N) is 1. The predicted molar refractivity (Wildman–Crippen MR) is 166 cm³/mol. The standard InChI is InChI=1S/C34H43FN4O3/c1-4-19-39(20-5-2)34(42)27-14-10-13-26(22-27)33(41)38-31(21-24-11-8-7-9-12-24)30(36)23-25(6-3)32(40)37-29-17-15-28(35)16-18-29/h7-18,22,25,30-31H,4-6,19-21,23,36H2,1-3H3,(H,37,40)(H,38,41)/t25-,30+,31+/m1/s1. The van der Waals surface area contributed by atoms with Crippen LogP contribution in [0.4, 0.5) is 10.1 Å². The first-order chi connectivity index (χ1) is 20.2. The molecule has 3 atom stereocenters. The van der Waals surface area contributed by atoms with Crippen molar-refractivity contribution in [1.82, 2.24) is 10.2 Å². The fourth-order valence-corrected chi connectivity index (χ4v) is 4.99. The van der Waals surface area contributed by atoms with Gasteiger partial charge in [-0.15, -0.1) is 0 Å². The van der Waals surface area contributed by atoms with E-state index in [9.17, 15) is 18.8 Å². The summed E-state index contributed by atoms with van der Waals surface area (Å²) < 4.78 is 13.3. The lowest BCUT2D eigenvalue weighted by atomic mass is 9.89. The van der Waals surface area contributed by atoms with Crippen molar-refractivity contribution in [2.45, 2.75) is 65.0 Å². The van der Waals surface area contributed by atoms with Crippen molar-refractivity contribution in [2.75, 3.05) is 18.4 Å². The van der Waals surface area contributed by atoms with Crippen molar-refractivity contribution in [3.63, 3.8) is 0 Å². The van der Waals surface area contributed by atoms with E-state index in [0.29, 0.717) is 49.2 Å². The average molecular weight is 575 g/mol. The van der Waals surface area contributed by atoms with Crippen LogP contribution in [0.2, 0.25) is 0 Å². The number of nitrogens with one attached hydrogen (secondary N) is 2. The van der Waals surface area contributed by atoms with Gasteiger partial charge in [-0.1, -0.05) is 57.2 Å². The Morgan fingerprint density at radius 2 is 1.50 bits per heavy atom. The molecule has 0 saturated heterocycles. The van der Waals surface area contributed by atoms with E-state index in [0.717, 1.165) is 18.4 Å². The van der Waals surface area contributed by atoms with Crippen LogP contribution in [-0.2, 0) is 11.2 Å². The number of benzene rings is 3. The molecule has 3 amide bonds. The maximum absolute atomic E-state index is 13.5. The van der Waals surface area contributed by atoms with Gasteiger partial charge in [0.25, 0.3) is 11.8 Å². The summed E-state index contributed by atoms with van der Waals surface area (Å²) in [6.45, 7) is 7.29. The molecule has 0 fully saturated rings. The molecule has 3 rings (SSSR count). The first kappa shape index (κ1) is 32.5. The van der Waals surface area contributed by atoms with E-state index in [1.54, 1.807) is 24.3 Å². The summed E-state index contributed by atoms with van der Waals surface area (Å²) in [6, 6.07) is 21.1. The number of halogens is 1. The normalized spacial score (nSPS) is 13.1. The highest BCUT2D eigenvalue weighted by molar-refractivity contribution is 6.00. The largest absolute Gasteiger partial charge is 0.347 e. The van der Waals surface area contributed by atoms with Gasteiger partial charge in [0.1, 0.15) is 5.82 Å². The van der Waals surface area contributed by atoms with Gasteiger partial charge in [0.15, 0.2) is 0 Å². The lowest BCUT2D eigenvalue weighted by Gasteiger charge is -2.28. The zero-order chi connectivity index (χ0) is 30.5. The molecule has 0 aromatic heterocycles. The summed E-state index contributed by atoms with van der Waals surface area (Å²) in [6.07, 6.45) is 3.06. The van der Waals surface area contributed by atoms with Gasteiger partial charge in [0.05, 0.1) is 0 Å².